The van der Waals surface area contributed by atoms with Crippen LogP contribution in [0.15, 0.2) is 11.3 Å². The smallest absolute Gasteiger partial charge is 0.194 e. The Hall–Kier alpha value is -1.45. The predicted octanol–water partition coefficient (Wildman–Crippen LogP) is 0.917. The second-order valence-corrected chi connectivity index (χ2v) is 4.74. The van der Waals surface area contributed by atoms with Crippen LogP contribution in [-0.2, 0) is 0 Å². The third kappa shape index (κ3) is 2.30. The number of fused-ring (bicyclic) bond motifs is 1. The van der Waals surface area contributed by atoms with Crippen molar-refractivity contribution in [1.82, 2.24) is 19.5 Å². The molecular weight excluding hydrogens is 333 g/mol. The molecule has 0 aliphatic rings. The molecule has 2 aromatic rings. The van der Waals surface area contributed by atoms with E-state index in [1.54, 1.807) is 6.33 Å². The van der Waals surface area contributed by atoms with Crippen molar-refractivity contribution in [3.05, 3.63) is 10.2 Å². The topological polar surface area (TPSA) is 108 Å². The number of hydrogen-bond donors (Lipinski definition) is 2. The van der Waals surface area contributed by atoms with Gasteiger partial charge in [-0.1, -0.05) is 0 Å². The standard InChI is InChI=1S/C9H12IN7/c1-4(2)17-3-13-5-6(15-9(11)12)14-8(10)16-7(5)17/h3-4H,1-2H3,(H4,11,12,14,15,16). The molecular formula is C9H12IN7. The van der Waals surface area contributed by atoms with E-state index in [0.29, 0.717) is 15.2 Å². The first kappa shape index (κ1) is 12.0. The number of halogens is 1. The number of aliphatic imine (C=N–C) groups is 1. The average molecular weight is 345 g/mol. The van der Waals surface area contributed by atoms with Crippen LogP contribution < -0.4 is 11.5 Å². The highest BCUT2D eigenvalue weighted by molar-refractivity contribution is 14.1. The molecule has 0 aromatic carbocycles. The Morgan fingerprint density at radius 2 is 2.12 bits per heavy atom. The third-order valence-electron chi connectivity index (χ3n) is 2.17. The molecule has 0 aliphatic heterocycles. The van der Waals surface area contributed by atoms with Crippen LogP contribution in [0.3, 0.4) is 0 Å². The van der Waals surface area contributed by atoms with E-state index in [4.69, 9.17) is 11.5 Å². The molecule has 0 saturated heterocycles. The summed E-state index contributed by atoms with van der Waals surface area (Å²) < 4.78 is 2.53. The van der Waals surface area contributed by atoms with Crippen LogP contribution in [0, 0.1) is 3.83 Å². The first-order valence-corrected chi connectivity index (χ1v) is 6.06. The molecule has 0 amide bonds. The van der Waals surface area contributed by atoms with E-state index in [1.807, 2.05) is 27.2 Å². The van der Waals surface area contributed by atoms with Crippen molar-refractivity contribution in [2.75, 3.05) is 0 Å². The maximum Gasteiger partial charge on any atom is 0.194 e. The van der Waals surface area contributed by atoms with E-state index in [-0.39, 0.29) is 12.0 Å². The van der Waals surface area contributed by atoms with Gasteiger partial charge in [0.15, 0.2) is 26.8 Å². The highest BCUT2D eigenvalue weighted by atomic mass is 127. The van der Waals surface area contributed by atoms with Gasteiger partial charge in [-0.3, -0.25) is 0 Å². The van der Waals surface area contributed by atoms with E-state index in [9.17, 15) is 0 Å². The second-order valence-electron chi connectivity index (χ2n) is 3.77. The zero-order valence-electron chi connectivity index (χ0n) is 9.42. The van der Waals surface area contributed by atoms with Crippen LogP contribution in [0.5, 0.6) is 0 Å². The van der Waals surface area contributed by atoms with Gasteiger partial charge < -0.3 is 16.0 Å². The molecule has 0 unspecified atom stereocenters. The van der Waals surface area contributed by atoms with Gasteiger partial charge in [0, 0.05) is 28.6 Å². The number of rotatable bonds is 2. The number of nitrogens with two attached hydrogens (primary N) is 2. The lowest BCUT2D eigenvalue weighted by molar-refractivity contribution is 0.612. The molecule has 7 nitrogen and oxygen atoms in total. The Morgan fingerprint density at radius 1 is 1.41 bits per heavy atom. The predicted molar refractivity (Wildman–Crippen MR) is 73.9 cm³/mol. The highest BCUT2D eigenvalue weighted by Gasteiger charge is 2.13. The van der Waals surface area contributed by atoms with Crippen molar-refractivity contribution in [3.63, 3.8) is 0 Å². The summed E-state index contributed by atoms with van der Waals surface area (Å²) in [6.45, 7) is 4.10. The molecule has 0 bridgehead atoms. The molecule has 0 spiro atoms. The highest BCUT2D eigenvalue weighted by Crippen LogP contribution is 2.23. The van der Waals surface area contributed by atoms with Crippen LogP contribution >= 0.6 is 22.6 Å². The Kier molecular flexibility index (Phi) is 3.13. The van der Waals surface area contributed by atoms with Gasteiger partial charge in [-0.25, -0.2) is 15.0 Å². The summed E-state index contributed by atoms with van der Waals surface area (Å²) >= 11 is 2.02. The lowest BCUT2D eigenvalue weighted by Crippen LogP contribution is -2.22. The summed E-state index contributed by atoms with van der Waals surface area (Å²) in [5.74, 6) is 0.360. The van der Waals surface area contributed by atoms with Gasteiger partial charge in [0.1, 0.15) is 0 Å². The van der Waals surface area contributed by atoms with Crippen LogP contribution in [0.4, 0.5) is 5.82 Å². The van der Waals surface area contributed by atoms with Gasteiger partial charge in [-0.2, -0.15) is 4.99 Å². The van der Waals surface area contributed by atoms with Gasteiger partial charge in [0.05, 0.1) is 6.33 Å². The number of nitrogens with zero attached hydrogens (tertiary/aromatic N) is 5. The molecule has 2 rings (SSSR count). The molecule has 4 N–H and O–H groups in total. The molecule has 2 aromatic heterocycles. The summed E-state index contributed by atoms with van der Waals surface area (Å²) in [6.07, 6.45) is 1.71. The summed E-state index contributed by atoms with van der Waals surface area (Å²) in [7, 11) is 0. The van der Waals surface area contributed by atoms with Gasteiger partial charge in [0.25, 0.3) is 0 Å². The fourth-order valence-electron chi connectivity index (χ4n) is 1.45. The molecule has 17 heavy (non-hydrogen) atoms. The monoisotopic (exact) mass is 345 g/mol. The Labute approximate surface area is 111 Å². The minimum absolute atomic E-state index is 0.0418. The van der Waals surface area contributed by atoms with Crippen molar-refractivity contribution < 1.29 is 0 Å². The minimum Gasteiger partial charge on any atom is -0.370 e. The zero-order valence-corrected chi connectivity index (χ0v) is 11.6. The number of aromatic nitrogens is 4. The van der Waals surface area contributed by atoms with Gasteiger partial charge in [-0.05, 0) is 13.8 Å². The van der Waals surface area contributed by atoms with Crippen molar-refractivity contribution in [1.29, 1.82) is 0 Å². The van der Waals surface area contributed by atoms with Gasteiger partial charge in [-0.15, -0.1) is 0 Å². The molecule has 0 fully saturated rings. The van der Waals surface area contributed by atoms with Crippen LogP contribution in [0.25, 0.3) is 11.2 Å². The van der Waals surface area contributed by atoms with E-state index in [1.165, 1.54) is 0 Å². The van der Waals surface area contributed by atoms with Gasteiger partial charge in [0.2, 0.25) is 0 Å². The van der Waals surface area contributed by atoms with Crippen molar-refractivity contribution in [2.24, 2.45) is 16.5 Å². The minimum atomic E-state index is -0.0418. The fraction of sp³-hybridized carbons (Fsp3) is 0.333. The van der Waals surface area contributed by atoms with E-state index >= 15 is 0 Å². The van der Waals surface area contributed by atoms with Gasteiger partial charge >= 0.3 is 0 Å². The average Bonchev–Trinajstić information content (AvgIpc) is 2.59. The number of imidazole rings is 1. The Morgan fingerprint density at radius 3 is 2.71 bits per heavy atom. The fourth-order valence-corrected chi connectivity index (χ4v) is 1.91. The summed E-state index contributed by atoms with van der Waals surface area (Å²) in [6, 6.07) is 0.262. The Balaban J connectivity index is 2.74. The summed E-state index contributed by atoms with van der Waals surface area (Å²) in [5.41, 5.74) is 12.1. The first-order valence-electron chi connectivity index (χ1n) is 4.98. The van der Waals surface area contributed by atoms with Crippen molar-refractivity contribution in [2.45, 2.75) is 19.9 Å². The number of hydrogen-bond acceptors (Lipinski definition) is 4. The summed E-state index contributed by atoms with van der Waals surface area (Å²) in [4.78, 5) is 16.7. The quantitative estimate of drug-likeness (QED) is 0.364. The zero-order chi connectivity index (χ0) is 12.6. The molecule has 0 saturated carbocycles. The second kappa shape index (κ2) is 4.43. The molecule has 90 valence electrons. The maximum atomic E-state index is 5.36. The molecule has 0 aliphatic carbocycles. The van der Waals surface area contributed by atoms with E-state index < -0.39 is 0 Å². The normalized spacial score (nSPS) is 11.1. The first-order chi connectivity index (χ1) is 7.99. The van der Waals surface area contributed by atoms with E-state index in [0.717, 1.165) is 5.65 Å². The van der Waals surface area contributed by atoms with Crippen LogP contribution in [-0.4, -0.2) is 25.5 Å². The van der Waals surface area contributed by atoms with Crippen LogP contribution in [0.2, 0.25) is 0 Å². The van der Waals surface area contributed by atoms with Crippen LogP contribution in [0.1, 0.15) is 19.9 Å². The molecule has 2 heterocycles. The van der Waals surface area contributed by atoms with Crippen molar-refractivity contribution in [3.8, 4) is 0 Å². The van der Waals surface area contributed by atoms with E-state index in [2.05, 4.69) is 33.8 Å². The molecule has 8 heteroatoms. The SMILES string of the molecule is CC(C)n1cnc2c(N=C(N)N)nc(I)nc21. The lowest BCUT2D eigenvalue weighted by atomic mass is 10.4. The summed E-state index contributed by atoms with van der Waals surface area (Å²) in [5, 5.41) is 0. The maximum absolute atomic E-state index is 5.36. The Bertz CT molecular complexity index is 582. The number of guanidine groups is 1. The largest absolute Gasteiger partial charge is 0.370 e. The molecule has 0 atom stereocenters. The van der Waals surface area contributed by atoms with Crippen molar-refractivity contribution >= 4 is 45.5 Å². The lowest BCUT2D eigenvalue weighted by Gasteiger charge is -2.07. The third-order valence-corrected chi connectivity index (χ3v) is 2.65. The molecule has 0 radical (unpaired) electrons.